The summed E-state index contributed by atoms with van der Waals surface area (Å²) in [5.41, 5.74) is 2.73. The molecule has 0 spiro atoms. The normalized spacial score (nSPS) is 10.4. The number of rotatable bonds is 8. The quantitative estimate of drug-likeness (QED) is 0.692. The molecule has 0 saturated heterocycles. The molecule has 0 aliphatic rings. The molecule has 0 heterocycles. The van der Waals surface area contributed by atoms with E-state index in [2.05, 4.69) is 16.0 Å². The molecule has 2 aromatic carbocycles. The number of amides is 2. The van der Waals surface area contributed by atoms with Crippen molar-refractivity contribution >= 4 is 23.2 Å². The zero-order valence-corrected chi connectivity index (χ0v) is 14.7. The molecule has 132 valence electrons. The van der Waals surface area contributed by atoms with Crippen molar-refractivity contribution in [1.29, 1.82) is 0 Å². The van der Waals surface area contributed by atoms with Crippen LogP contribution in [0.25, 0.3) is 0 Å². The topological polar surface area (TPSA) is 70.2 Å². The molecule has 0 aliphatic heterocycles. The van der Waals surface area contributed by atoms with Crippen molar-refractivity contribution in [2.75, 3.05) is 17.2 Å². The zero-order chi connectivity index (χ0) is 18.1. The molecule has 0 bridgehead atoms. The molecule has 0 atom stereocenters. The van der Waals surface area contributed by atoms with E-state index in [1.807, 2.05) is 68.4 Å². The summed E-state index contributed by atoms with van der Waals surface area (Å²) in [6.07, 6.45) is 1.16. The molecule has 2 amide bonds. The Morgan fingerprint density at radius 3 is 2.16 bits per heavy atom. The van der Waals surface area contributed by atoms with Crippen LogP contribution >= 0.6 is 0 Å². The Kier molecular flexibility index (Phi) is 7.01. The highest BCUT2D eigenvalue weighted by Crippen LogP contribution is 2.14. The summed E-state index contributed by atoms with van der Waals surface area (Å²) >= 11 is 0. The van der Waals surface area contributed by atoms with E-state index in [1.165, 1.54) is 0 Å². The fourth-order valence-corrected chi connectivity index (χ4v) is 2.35. The van der Waals surface area contributed by atoms with Crippen molar-refractivity contribution in [3.8, 4) is 0 Å². The van der Waals surface area contributed by atoms with Crippen molar-refractivity contribution in [2.24, 2.45) is 0 Å². The number of hydrogen-bond acceptors (Lipinski definition) is 3. The Balaban J connectivity index is 1.75. The Morgan fingerprint density at radius 2 is 1.52 bits per heavy atom. The van der Waals surface area contributed by atoms with Crippen molar-refractivity contribution < 1.29 is 9.59 Å². The number of benzene rings is 2. The maximum absolute atomic E-state index is 12.0. The first-order chi connectivity index (χ1) is 12.0. The maximum atomic E-state index is 12.0. The van der Waals surface area contributed by atoms with Gasteiger partial charge < -0.3 is 16.0 Å². The van der Waals surface area contributed by atoms with E-state index in [0.29, 0.717) is 6.42 Å². The fourth-order valence-electron chi connectivity index (χ4n) is 2.35. The summed E-state index contributed by atoms with van der Waals surface area (Å²) in [6.45, 7) is 4.07. The van der Waals surface area contributed by atoms with Gasteiger partial charge in [-0.05, 0) is 50.1 Å². The lowest BCUT2D eigenvalue weighted by atomic mass is 10.1. The van der Waals surface area contributed by atoms with E-state index in [-0.39, 0.29) is 24.4 Å². The van der Waals surface area contributed by atoms with E-state index in [1.54, 1.807) is 0 Å². The third kappa shape index (κ3) is 7.08. The highest BCUT2D eigenvalue weighted by molar-refractivity contribution is 5.91. The summed E-state index contributed by atoms with van der Waals surface area (Å²) in [7, 11) is 0. The fraction of sp³-hybridized carbons (Fsp3) is 0.300. The second-order valence-corrected chi connectivity index (χ2v) is 6.19. The third-order valence-corrected chi connectivity index (χ3v) is 3.55. The minimum absolute atomic E-state index is 0.0131. The van der Waals surface area contributed by atoms with Crippen LogP contribution in [-0.2, 0) is 16.0 Å². The average molecular weight is 339 g/mol. The van der Waals surface area contributed by atoms with Gasteiger partial charge in [-0.25, -0.2) is 0 Å². The van der Waals surface area contributed by atoms with Gasteiger partial charge in [0.1, 0.15) is 0 Å². The number of carbonyl (C=O) groups is 2. The highest BCUT2D eigenvalue weighted by atomic mass is 16.2. The van der Waals surface area contributed by atoms with Gasteiger partial charge in [-0.1, -0.05) is 30.3 Å². The Morgan fingerprint density at radius 1 is 0.880 bits per heavy atom. The van der Waals surface area contributed by atoms with Gasteiger partial charge in [-0.3, -0.25) is 9.59 Å². The molecule has 0 unspecified atom stereocenters. The molecule has 0 saturated carbocycles. The highest BCUT2D eigenvalue weighted by Gasteiger charge is 2.05. The number of aryl methyl sites for hydroxylation is 1. The van der Waals surface area contributed by atoms with Gasteiger partial charge in [0.25, 0.3) is 0 Å². The molecule has 0 fully saturated rings. The summed E-state index contributed by atoms with van der Waals surface area (Å²) in [5, 5.41) is 8.76. The van der Waals surface area contributed by atoms with Crippen LogP contribution in [0, 0.1) is 0 Å². The van der Waals surface area contributed by atoms with E-state index in [4.69, 9.17) is 0 Å². The van der Waals surface area contributed by atoms with Crippen LogP contribution in [0.4, 0.5) is 11.4 Å². The first-order valence-electron chi connectivity index (χ1n) is 8.50. The van der Waals surface area contributed by atoms with Gasteiger partial charge in [-0.15, -0.1) is 0 Å². The van der Waals surface area contributed by atoms with Gasteiger partial charge >= 0.3 is 0 Å². The minimum atomic E-state index is -0.0479. The Bertz CT molecular complexity index is 682. The lowest BCUT2D eigenvalue weighted by Gasteiger charge is -2.11. The van der Waals surface area contributed by atoms with Crippen LogP contribution in [0.3, 0.4) is 0 Å². The van der Waals surface area contributed by atoms with Crippen LogP contribution in [0.2, 0.25) is 0 Å². The van der Waals surface area contributed by atoms with Crippen LogP contribution in [0.15, 0.2) is 54.6 Å². The summed E-state index contributed by atoms with van der Waals surface area (Å²) < 4.78 is 0. The SMILES string of the molecule is CC(C)NC(=O)CNc1ccc(NC(=O)CCc2ccccc2)cc1. The molecule has 5 heteroatoms. The van der Waals surface area contributed by atoms with Gasteiger partial charge in [0, 0.05) is 23.8 Å². The van der Waals surface area contributed by atoms with E-state index in [9.17, 15) is 9.59 Å². The van der Waals surface area contributed by atoms with E-state index < -0.39 is 0 Å². The smallest absolute Gasteiger partial charge is 0.239 e. The molecular weight excluding hydrogens is 314 g/mol. The van der Waals surface area contributed by atoms with Crippen LogP contribution in [0.5, 0.6) is 0 Å². The number of nitrogens with one attached hydrogen (secondary N) is 3. The minimum Gasteiger partial charge on any atom is -0.376 e. The van der Waals surface area contributed by atoms with E-state index >= 15 is 0 Å². The summed E-state index contributed by atoms with van der Waals surface area (Å²) in [5.74, 6) is -0.0610. The van der Waals surface area contributed by atoms with E-state index in [0.717, 1.165) is 23.4 Å². The predicted molar refractivity (Wildman–Crippen MR) is 102 cm³/mol. The monoisotopic (exact) mass is 339 g/mol. The third-order valence-electron chi connectivity index (χ3n) is 3.55. The first kappa shape index (κ1) is 18.5. The van der Waals surface area contributed by atoms with Gasteiger partial charge in [-0.2, -0.15) is 0 Å². The molecular formula is C20H25N3O2. The average Bonchev–Trinajstić information content (AvgIpc) is 2.60. The lowest BCUT2D eigenvalue weighted by molar-refractivity contribution is -0.120. The summed E-state index contributed by atoms with van der Waals surface area (Å²) in [6, 6.07) is 17.4. The van der Waals surface area contributed by atoms with Crippen molar-refractivity contribution in [3.05, 3.63) is 60.2 Å². The Hall–Kier alpha value is -2.82. The number of carbonyl (C=O) groups excluding carboxylic acids is 2. The molecule has 25 heavy (non-hydrogen) atoms. The van der Waals surface area contributed by atoms with Gasteiger partial charge in [0.05, 0.1) is 6.54 Å². The molecule has 0 radical (unpaired) electrons. The predicted octanol–water partition coefficient (Wildman–Crippen LogP) is 3.19. The molecule has 0 aliphatic carbocycles. The van der Waals surface area contributed by atoms with Crippen LogP contribution in [-0.4, -0.2) is 24.4 Å². The zero-order valence-electron chi connectivity index (χ0n) is 14.7. The molecule has 0 aromatic heterocycles. The second-order valence-electron chi connectivity index (χ2n) is 6.19. The Labute approximate surface area is 148 Å². The second kappa shape index (κ2) is 9.47. The van der Waals surface area contributed by atoms with Gasteiger partial charge in [0.2, 0.25) is 11.8 Å². The van der Waals surface area contributed by atoms with Crippen LogP contribution in [0.1, 0.15) is 25.8 Å². The van der Waals surface area contributed by atoms with Crippen molar-refractivity contribution in [2.45, 2.75) is 32.7 Å². The maximum Gasteiger partial charge on any atom is 0.239 e. The molecule has 5 nitrogen and oxygen atoms in total. The largest absolute Gasteiger partial charge is 0.376 e. The molecule has 3 N–H and O–H groups in total. The lowest BCUT2D eigenvalue weighted by Crippen LogP contribution is -2.34. The number of hydrogen-bond donors (Lipinski definition) is 3. The number of anilines is 2. The van der Waals surface area contributed by atoms with Crippen molar-refractivity contribution in [1.82, 2.24) is 5.32 Å². The standard InChI is InChI=1S/C20H25N3O2/c1-15(2)22-20(25)14-21-17-9-11-18(12-10-17)23-19(24)13-8-16-6-4-3-5-7-16/h3-7,9-12,15,21H,8,13-14H2,1-2H3,(H,22,25)(H,23,24). The summed E-state index contributed by atoms with van der Waals surface area (Å²) in [4.78, 5) is 23.6. The molecule has 2 rings (SSSR count). The van der Waals surface area contributed by atoms with Crippen LogP contribution < -0.4 is 16.0 Å². The van der Waals surface area contributed by atoms with Crippen molar-refractivity contribution in [3.63, 3.8) is 0 Å². The van der Waals surface area contributed by atoms with Gasteiger partial charge in [0.15, 0.2) is 0 Å². The first-order valence-corrected chi connectivity index (χ1v) is 8.50. The molecule has 2 aromatic rings.